The molecule has 160 valence electrons. The van der Waals surface area contributed by atoms with E-state index in [1.807, 2.05) is 0 Å². The molecule has 1 N–H and O–H groups in total. The Hall–Kier alpha value is -3.22. The predicted octanol–water partition coefficient (Wildman–Crippen LogP) is 3.71. The fraction of sp³-hybridized carbons (Fsp3) is 0.250. The monoisotopic (exact) mass is 450 g/mol. The minimum absolute atomic E-state index is 0.00700. The summed E-state index contributed by atoms with van der Waals surface area (Å²) in [6.45, 7) is -4.03. The number of benzene rings is 1. The number of alkyl halides is 4. The predicted molar refractivity (Wildman–Crippen MR) is 93.8 cm³/mol. The lowest BCUT2D eigenvalue weighted by Crippen LogP contribution is -2.13. The van der Waals surface area contributed by atoms with E-state index < -0.39 is 31.2 Å². The van der Waals surface area contributed by atoms with Gasteiger partial charge in [-0.2, -0.15) is 13.8 Å². The standard InChI is InChI=1S/C16H12ClF5N6O2/c17-10-2-1-9(3-12(10)30-15(21)22)28-6-8(26-27-28)7-29-16-24-4-11(18)14(25-16)23-5-13(19)20/h1-4,6,13,15H,5,7H2,(H,23,24,25). The molecule has 0 bridgehead atoms. The van der Waals surface area contributed by atoms with Gasteiger partial charge < -0.3 is 14.8 Å². The van der Waals surface area contributed by atoms with Crippen molar-refractivity contribution in [3.63, 3.8) is 0 Å². The molecule has 0 aliphatic carbocycles. The third-order valence-corrected chi connectivity index (χ3v) is 3.74. The molecule has 3 aromatic rings. The highest BCUT2D eigenvalue weighted by atomic mass is 35.5. The zero-order chi connectivity index (χ0) is 21.7. The van der Waals surface area contributed by atoms with Gasteiger partial charge in [0.1, 0.15) is 18.1 Å². The van der Waals surface area contributed by atoms with E-state index in [0.29, 0.717) is 5.69 Å². The molecule has 0 amide bonds. The molecule has 0 saturated carbocycles. The largest absolute Gasteiger partial charge is 0.457 e. The van der Waals surface area contributed by atoms with Crippen LogP contribution in [-0.2, 0) is 6.61 Å². The Morgan fingerprint density at radius 1 is 1.20 bits per heavy atom. The molecule has 0 saturated heterocycles. The molecular weight excluding hydrogens is 439 g/mol. The zero-order valence-electron chi connectivity index (χ0n) is 14.8. The van der Waals surface area contributed by atoms with E-state index in [9.17, 15) is 22.0 Å². The summed E-state index contributed by atoms with van der Waals surface area (Å²) in [6.07, 6.45) is -0.502. The fourth-order valence-corrected chi connectivity index (χ4v) is 2.33. The van der Waals surface area contributed by atoms with Crippen LogP contribution in [0.25, 0.3) is 5.69 Å². The van der Waals surface area contributed by atoms with Crippen molar-refractivity contribution >= 4 is 17.4 Å². The summed E-state index contributed by atoms with van der Waals surface area (Å²) in [5, 5.41) is 9.80. The summed E-state index contributed by atoms with van der Waals surface area (Å²) in [7, 11) is 0. The second-order valence-electron chi connectivity index (χ2n) is 5.56. The van der Waals surface area contributed by atoms with E-state index in [2.05, 4.69) is 30.3 Å². The van der Waals surface area contributed by atoms with Crippen LogP contribution >= 0.6 is 11.6 Å². The van der Waals surface area contributed by atoms with Crippen molar-refractivity contribution in [2.75, 3.05) is 11.9 Å². The Labute approximate surface area is 170 Å². The Morgan fingerprint density at radius 3 is 2.73 bits per heavy atom. The Kier molecular flexibility index (Phi) is 6.82. The number of hydrogen-bond donors (Lipinski definition) is 1. The van der Waals surface area contributed by atoms with Crippen molar-refractivity contribution in [3.8, 4) is 17.4 Å². The molecule has 0 fully saturated rings. The minimum Gasteiger partial charge on any atom is -0.457 e. The van der Waals surface area contributed by atoms with Crippen molar-refractivity contribution in [1.29, 1.82) is 0 Å². The topological polar surface area (TPSA) is 87.0 Å². The van der Waals surface area contributed by atoms with Gasteiger partial charge in [0.15, 0.2) is 11.6 Å². The van der Waals surface area contributed by atoms with Crippen molar-refractivity contribution < 1.29 is 31.4 Å². The van der Waals surface area contributed by atoms with Gasteiger partial charge >= 0.3 is 12.6 Å². The van der Waals surface area contributed by atoms with Crippen LogP contribution in [0.1, 0.15) is 5.69 Å². The van der Waals surface area contributed by atoms with Crippen LogP contribution in [0.2, 0.25) is 5.02 Å². The maximum atomic E-state index is 13.5. The normalized spacial score (nSPS) is 11.2. The van der Waals surface area contributed by atoms with E-state index in [1.54, 1.807) is 0 Å². The molecule has 30 heavy (non-hydrogen) atoms. The number of rotatable bonds is 9. The number of nitrogens with one attached hydrogen (secondary N) is 1. The Bertz CT molecular complexity index is 1010. The maximum Gasteiger partial charge on any atom is 0.387 e. The van der Waals surface area contributed by atoms with Gasteiger partial charge in [-0.05, 0) is 12.1 Å². The highest BCUT2D eigenvalue weighted by Crippen LogP contribution is 2.28. The smallest absolute Gasteiger partial charge is 0.387 e. The summed E-state index contributed by atoms with van der Waals surface area (Å²) in [4.78, 5) is 7.27. The molecule has 2 heterocycles. The summed E-state index contributed by atoms with van der Waals surface area (Å²) < 4.78 is 73.7. The first-order valence-electron chi connectivity index (χ1n) is 8.15. The van der Waals surface area contributed by atoms with Crippen molar-refractivity contribution in [2.24, 2.45) is 0 Å². The van der Waals surface area contributed by atoms with Gasteiger partial charge in [-0.25, -0.2) is 22.8 Å². The molecule has 0 unspecified atom stereocenters. The number of nitrogens with zero attached hydrogens (tertiary/aromatic N) is 5. The van der Waals surface area contributed by atoms with E-state index in [4.69, 9.17) is 16.3 Å². The average molecular weight is 451 g/mol. The minimum atomic E-state index is -3.05. The molecule has 8 nitrogen and oxygen atoms in total. The third-order valence-electron chi connectivity index (χ3n) is 3.43. The van der Waals surface area contributed by atoms with E-state index in [-0.39, 0.29) is 29.1 Å². The summed E-state index contributed by atoms with van der Waals surface area (Å²) >= 11 is 5.80. The van der Waals surface area contributed by atoms with Crippen LogP contribution in [-0.4, -0.2) is 44.5 Å². The van der Waals surface area contributed by atoms with Gasteiger partial charge in [0.2, 0.25) is 0 Å². The van der Waals surface area contributed by atoms with Gasteiger partial charge in [0.25, 0.3) is 6.43 Å². The van der Waals surface area contributed by atoms with Crippen LogP contribution in [0.5, 0.6) is 11.8 Å². The zero-order valence-corrected chi connectivity index (χ0v) is 15.5. The third kappa shape index (κ3) is 5.65. The summed E-state index contributed by atoms with van der Waals surface area (Å²) in [5.74, 6) is -1.59. The second kappa shape index (κ2) is 9.52. The van der Waals surface area contributed by atoms with Gasteiger partial charge in [-0.15, -0.1) is 5.10 Å². The highest BCUT2D eigenvalue weighted by molar-refractivity contribution is 6.32. The highest BCUT2D eigenvalue weighted by Gasteiger charge is 2.13. The van der Waals surface area contributed by atoms with E-state index in [1.165, 1.54) is 29.1 Å². The van der Waals surface area contributed by atoms with Gasteiger partial charge in [0, 0.05) is 6.07 Å². The van der Waals surface area contributed by atoms with Crippen LogP contribution in [0, 0.1) is 5.82 Å². The van der Waals surface area contributed by atoms with Crippen LogP contribution in [0.4, 0.5) is 27.8 Å². The van der Waals surface area contributed by atoms with E-state index >= 15 is 0 Å². The molecule has 0 atom stereocenters. The lowest BCUT2D eigenvalue weighted by Gasteiger charge is -2.08. The van der Waals surface area contributed by atoms with Crippen LogP contribution in [0.15, 0.2) is 30.6 Å². The molecule has 0 aliphatic heterocycles. The molecular formula is C16H12ClF5N6O2. The van der Waals surface area contributed by atoms with Crippen LogP contribution in [0.3, 0.4) is 0 Å². The fourth-order valence-electron chi connectivity index (χ4n) is 2.17. The molecule has 0 radical (unpaired) electrons. The number of anilines is 1. The lowest BCUT2D eigenvalue weighted by atomic mass is 10.3. The number of halogens is 6. The first-order chi connectivity index (χ1) is 14.3. The first-order valence-corrected chi connectivity index (χ1v) is 8.53. The molecule has 0 aliphatic rings. The van der Waals surface area contributed by atoms with Crippen molar-refractivity contribution in [3.05, 3.63) is 47.1 Å². The van der Waals surface area contributed by atoms with Crippen molar-refractivity contribution in [2.45, 2.75) is 19.6 Å². The number of aromatic nitrogens is 5. The van der Waals surface area contributed by atoms with E-state index in [0.717, 1.165) is 6.20 Å². The van der Waals surface area contributed by atoms with Crippen LogP contribution < -0.4 is 14.8 Å². The number of ether oxygens (including phenoxy) is 2. The Morgan fingerprint density at radius 2 is 2.00 bits per heavy atom. The quantitative estimate of drug-likeness (QED) is 0.497. The summed E-state index contributed by atoms with van der Waals surface area (Å²) in [6, 6.07) is 3.83. The van der Waals surface area contributed by atoms with Gasteiger partial charge in [-0.3, -0.25) is 0 Å². The molecule has 0 spiro atoms. The SMILES string of the molecule is Fc1cnc(OCc2cn(-c3ccc(Cl)c(OC(F)F)c3)nn2)nc1NCC(F)F. The average Bonchev–Trinajstić information content (AvgIpc) is 3.16. The van der Waals surface area contributed by atoms with Gasteiger partial charge in [0.05, 0.1) is 29.6 Å². The molecule has 3 rings (SSSR count). The molecule has 14 heteroatoms. The number of hydrogen-bond acceptors (Lipinski definition) is 7. The maximum absolute atomic E-state index is 13.5. The Balaban J connectivity index is 1.67. The molecule has 1 aromatic carbocycles. The first kappa shape index (κ1) is 21.5. The van der Waals surface area contributed by atoms with Gasteiger partial charge in [-0.1, -0.05) is 16.8 Å². The molecule has 2 aromatic heterocycles. The summed E-state index contributed by atoms with van der Waals surface area (Å²) in [5.41, 5.74) is 0.626. The second-order valence-corrected chi connectivity index (χ2v) is 5.96. The van der Waals surface area contributed by atoms with Crippen molar-refractivity contribution in [1.82, 2.24) is 25.0 Å². The lowest BCUT2D eigenvalue weighted by molar-refractivity contribution is -0.0497.